The van der Waals surface area contributed by atoms with Crippen LogP contribution in [0.2, 0.25) is 0 Å². The van der Waals surface area contributed by atoms with Crippen molar-refractivity contribution in [1.82, 2.24) is 4.90 Å². The fourth-order valence-corrected chi connectivity index (χ4v) is 3.57. The normalized spacial score (nSPS) is 21.0. The fraction of sp³-hybridized carbons (Fsp3) is 0.600. The van der Waals surface area contributed by atoms with Gasteiger partial charge in [0.2, 0.25) is 0 Å². The number of cyclic esters (lactones) is 1. The van der Waals surface area contributed by atoms with Gasteiger partial charge in [0, 0.05) is 19.6 Å². The molecule has 1 unspecified atom stereocenters. The number of nitrogens with zero attached hydrogens (tertiary/aromatic N) is 2. The molecule has 2 saturated heterocycles. The summed E-state index contributed by atoms with van der Waals surface area (Å²) in [7, 11) is 0. The molecule has 0 spiro atoms. The largest absolute Gasteiger partial charge is 0.444 e. The van der Waals surface area contributed by atoms with E-state index in [9.17, 15) is 14.0 Å². The number of piperidine rings is 1. The summed E-state index contributed by atoms with van der Waals surface area (Å²) in [6, 6.07) is 4.83. The number of amides is 2. The number of halogens is 1. The van der Waals surface area contributed by atoms with Crippen LogP contribution in [0.15, 0.2) is 18.2 Å². The molecule has 2 amide bonds. The Labute approximate surface area is 164 Å². The van der Waals surface area contributed by atoms with Crippen molar-refractivity contribution in [2.45, 2.75) is 51.2 Å². The topological polar surface area (TPSA) is 85.1 Å². The van der Waals surface area contributed by atoms with Crippen molar-refractivity contribution in [3.8, 4) is 0 Å². The zero-order chi connectivity index (χ0) is 20.5. The molecule has 28 heavy (non-hydrogen) atoms. The standard InChI is InChI=1S/C20H28FN3O4/c1-20(2,3)28-18(25)23-8-6-13(7-9-23)16-5-4-14(10-17(16)21)24-12-15(11-22)27-19(24)26/h4-5,10,13,15H,6-9,11-12,22H2,1-3H3. The van der Waals surface area contributed by atoms with Crippen molar-refractivity contribution in [2.24, 2.45) is 5.73 Å². The van der Waals surface area contributed by atoms with E-state index in [4.69, 9.17) is 15.2 Å². The molecule has 2 N–H and O–H groups in total. The summed E-state index contributed by atoms with van der Waals surface area (Å²) in [5.74, 6) is -0.327. The first-order valence-electron chi connectivity index (χ1n) is 9.63. The van der Waals surface area contributed by atoms with Crippen molar-refractivity contribution in [2.75, 3.05) is 31.1 Å². The van der Waals surface area contributed by atoms with Crippen LogP contribution >= 0.6 is 0 Å². The number of hydrogen-bond donors (Lipinski definition) is 1. The highest BCUT2D eigenvalue weighted by molar-refractivity contribution is 5.89. The zero-order valence-electron chi connectivity index (χ0n) is 16.6. The number of likely N-dealkylation sites (tertiary alicyclic amines) is 1. The lowest BCUT2D eigenvalue weighted by molar-refractivity contribution is 0.0204. The van der Waals surface area contributed by atoms with Crippen LogP contribution in [0.25, 0.3) is 0 Å². The Morgan fingerprint density at radius 3 is 2.54 bits per heavy atom. The van der Waals surface area contributed by atoms with Crippen LogP contribution in [0.5, 0.6) is 0 Å². The molecule has 2 aliphatic rings. The second kappa shape index (κ2) is 7.95. The molecule has 0 aromatic heterocycles. The van der Waals surface area contributed by atoms with Crippen molar-refractivity contribution in [3.05, 3.63) is 29.6 Å². The van der Waals surface area contributed by atoms with Gasteiger partial charge in [0.05, 0.1) is 12.2 Å². The predicted octanol–water partition coefficient (Wildman–Crippen LogP) is 3.22. The van der Waals surface area contributed by atoms with Crippen LogP contribution in [-0.4, -0.2) is 55.0 Å². The average Bonchev–Trinajstić information content (AvgIpc) is 3.01. The summed E-state index contributed by atoms with van der Waals surface area (Å²) in [5.41, 5.74) is 6.08. The van der Waals surface area contributed by atoms with Gasteiger partial charge in [0.25, 0.3) is 0 Å². The molecule has 1 aromatic carbocycles. The van der Waals surface area contributed by atoms with E-state index in [1.165, 1.54) is 11.0 Å². The van der Waals surface area contributed by atoms with Crippen LogP contribution in [0.1, 0.15) is 45.1 Å². The number of hydrogen-bond acceptors (Lipinski definition) is 5. The number of anilines is 1. The minimum atomic E-state index is -0.532. The second-order valence-corrected chi connectivity index (χ2v) is 8.30. The smallest absolute Gasteiger partial charge is 0.414 e. The summed E-state index contributed by atoms with van der Waals surface area (Å²) in [6.45, 7) is 7.11. The van der Waals surface area contributed by atoms with Crippen molar-refractivity contribution in [3.63, 3.8) is 0 Å². The zero-order valence-corrected chi connectivity index (χ0v) is 16.6. The van der Waals surface area contributed by atoms with E-state index in [0.717, 1.165) is 0 Å². The van der Waals surface area contributed by atoms with Crippen LogP contribution in [0, 0.1) is 5.82 Å². The Hall–Kier alpha value is -2.35. The van der Waals surface area contributed by atoms with E-state index < -0.39 is 11.7 Å². The summed E-state index contributed by atoms with van der Waals surface area (Å²) in [4.78, 5) is 27.2. The second-order valence-electron chi connectivity index (χ2n) is 8.30. The maximum absolute atomic E-state index is 14.8. The number of nitrogens with two attached hydrogens (primary N) is 1. The van der Waals surface area contributed by atoms with Gasteiger partial charge in [-0.3, -0.25) is 4.90 Å². The molecule has 8 heteroatoms. The van der Waals surface area contributed by atoms with Crippen molar-refractivity contribution in [1.29, 1.82) is 0 Å². The highest BCUT2D eigenvalue weighted by Gasteiger charge is 2.33. The van der Waals surface area contributed by atoms with Gasteiger partial charge in [-0.05, 0) is 57.2 Å². The lowest BCUT2D eigenvalue weighted by atomic mass is 9.89. The summed E-state index contributed by atoms with van der Waals surface area (Å²) in [6.07, 6.45) is 0.122. The number of rotatable bonds is 3. The van der Waals surface area contributed by atoms with Gasteiger partial charge in [-0.15, -0.1) is 0 Å². The van der Waals surface area contributed by atoms with Gasteiger partial charge in [-0.1, -0.05) is 6.07 Å². The van der Waals surface area contributed by atoms with E-state index in [2.05, 4.69) is 0 Å². The summed E-state index contributed by atoms with van der Waals surface area (Å²) < 4.78 is 25.3. The molecule has 2 heterocycles. The minimum Gasteiger partial charge on any atom is -0.444 e. The van der Waals surface area contributed by atoms with Gasteiger partial charge in [-0.2, -0.15) is 0 Å². The SMILES string of the molecule is CC(C)(C)OC(=O)N1CCC(c2ccc(N3CC(CN)OC3=O)cc2F)CC1. The fourth-order valence-electron chi connectivity index (χ4n) is 3.57. The average molecular weight is 393 g/mol. The number of benzene rings is 1. The highest BCUT2D eigenvalue weighted by Crippen LogP contribution is 2.33. The third-order valence-electron chi connectivity index (χ3n) is 5.02. The van der Waals surface area contributed by atoms with E-state index in [-0.39, 0.29) is 30.5 Å². The number of carbonyl (C=O) groups excluding carboxylic acids is 2. The third-order valence-corrected chi connectivity index (χ3v) is 5.02. The van der Waals surface area contributed by atoms with E-state index in [0.29, 0.717) is 43.7 Å². The molecule has 0 radical (unpaired) electrons. The summed E-state index contributed by atoms with van der Waals surface area (Å²) >= 11 is 0. The van der Waals surface area contributed by atoms with Crippen molar-refractivity contribution < 1.29 is 23.5 Å². The molecule has 3 rings (SSSR count). The monoisotopic (exact) mass is 393 g/mol. The van der Waals surface area contributed by atoms with Gasteiger partial charge in [0.15, 0.2) is 0 Å². The van der Waals surface area contributed by atoms with Crippen LogP contribution in [0.4, 0.5) is 19.7 Å². The first-order valence-corrected chi connectivity index (χ1v) is 9.63. The molecule has 0 aliphatic carbocycles. The molecule has 2 fully saturated rings. The van der Waals surface area contributed by atoms with Gasteiger partial charge in [0.1, 0.15) is 17.5 Å². The lowest BCUT2D eigenvalue weighted by Gasteiger charge is -2.33. The van der Waals surface area contributed by atoms with E-state index in [1.807, 2.05) is 20.8 Å². The molecule has 0 saturated carbocycles. The maximum Gasteiger partial charge on any atom is 0.414 e. The number of carbonyl (C=O) groups is 2. The van der Waals surface area contributed by atoms with E-state index >= 15 is 0 Å². The Bertz CT molecular complexity index is 741. The van der Waals surface area contributed by atoms with E-state index in [1.54, 1.807) is 17.0 Å². The quantitative estimate of drug-likeness (QED) is 0.852. The third kappa shape index (κ3) is 4.55. The molecule has 7 nitrogen and oxygen atoms in total. The molecule has 0 bridgehead atoms. The Balaban J connectivity index is 1.63. The number of ether oxygens (including phenoxy) is 2. The molecule has 1 aromatic rings. The molecule has 1 atom stereocenters. The first-order chi connectivity index (χ1) is 13.2. The first kappa shape index (κ1) is 20.4. The molecule has 154 valence electrons. The van der Waals surface area contributed by atoms with Crippen molar-refractivity contribution >= 4 is 17.9 Å². The molecular weight excluding hydrogens is 365 g/mol. The lowest BCUT2D eigenvalue weighted by Crippen LogP contribution is -2.41. The summed E-state index contributed by atoms with van der Waals surface area (Å²) in [5, 5.41) is 0. The Kier molecular flexibility index (Phi) is 5.79. The Morgan fingerprint density at radius 1 is 1.32 bits per heavy atom. The highest BCUT2D eigenvalue weighted by atomic mass is 19.1. The van der Waals surface area contributed by atoms with Crippen LogP contribution < -0.4 is 10.6 Å². The van der Waals surface area contributed by atoms with Crippen LogP contribution in [-0.2, 0) is 9.47 Å². The van der Waals surface area contributed by atoms with Gasteiger partial charge >= 0.3 is 12.2 Å². The van der Waals surface area contributed by atoms with Gasteiger partial charge in [-0.25, -0.2) is 14.0 Å². The predicted molar refractivity (Wildman–Crippen MR) is 103 cm³/mol. The Morgan fingerprint density at radius 2 is 2.00 bits per heavy atom. The minimum absolute atomic E-state index is 0.0232. The van der Waals surface area contributed by atoms with Gasteiger partial charge < -0.3 is 20.1 Å². The molecule has 2 aliphatic heterocycles. The molecular formula is C20H28FN3O4. The van der Waals surface area contributed by atoms with Crippen LogP contribution in [0.3, 0.4) is 0 Å². The maximum atomic E-state index is 14.8.